The van der Waals surface area contributed by atoms with Gasteiger partial charge in [-0.1, -0.05) is 6.92 Å². The second kappa shape index (κ2) is 6.17. The molecule has 0 fully saturated rings. The van der Waals surface area contributed by atoms with Crippen LogP contribution in [0, 0.1) is 19.8 Å². The van der Waals surface area contributed by atoms with Crippen molar-refractivity contribution in [3.05, 3.63) is 44.0 Å². The molecule has 0 radical (unpaired) electrons. The second-order valence-corrected chi connectivity index (χ2v) is 6.01. The van der Waals surface area contributed by atoms with Crippen molar-refractivity contribution in [3.8, 4) is 0 Å². The van der Waals surface area contributed by atoms with E-state index in [1.807, 2.05) is 6.92 Å². The Balaban J connectivity index is 2.42. The standard InChI is InChI=1S/C14H17N3O3S/c1-8(13(18)19)4-12-9(2)16-14(20)17(10(12)3)6-11-5-15-7-21-11/h5,7-8H,4,6H2,1-3H3,(H,18,19). The number of aryl methyl sites for hydroxylation is 1. The van der Waals surface area contributed by atoms with Gasteiger partial charge in [-0.3, -0.25) is 14.3 Å². The molecule has 2 aromatic rings. The van der Waals surface area contributed by atoms with Gasteiger partial charge in [0.05, 0.1) is 18.0 Å². The zero-order valence-electron chi connectivity index (χ0n) is 12.2. The minimum atomic E-state index is -0.853. The van der Waals surface area contributed by atoms with Crippen LogP contribution < -0.4 is 5.69 Å². The molecular weight excluding hydrogens is 290 g/mol. The van der Waals surface area contributed by atoms with Gasteiger partial charge < -0.3 is 5.11 Å². The predicted octanol–water partition coefficient (Wildman–Crippen LogP) is 1.63. The lowest BCUT2D eigenvalue weighted by atomic mass is 9.99. The number of carboxylic acid groups (broad SMARTS) is 1. The summed E-state index contributed by atoms with van der Waals surface area (Å²) in [7, 11) is 0. The van der Waals surface area contributed by atoms with E-state index in [0.717, 1.165) is 16.1 Å². The van der Waals surface area contributed by atoms with Crippen molar-refractivity contribution in [1.82, 2.24) is 14.5 Å². The fourth-order valence-corrected chi connectivity index (χ4v) is 2.77. The molecule has 112 valence electrons. The molecule has 0 aromatic carbocycles. The maximum atomic E-state index is 12.1. The monoisotopic (exact) mass is 307 g/mol. The lowest BCUT2D eigenvalue weighted by Crippen LogP contribution is -2.29. The highest BCUT2D eigenvalue weighted by Gasteiger charge is 2.18. The van der Waals surface area contributed by atoms with Crippen LogP contribution in [0.4, 0.5) is 0 Å². The highest BCUT2D eigenvalue weighted by atomic mass is 32.1. The van der Waals surface area contributed by atoms with Crippen LogP contribution in [0.5, 0.6) is 0 Å². The minimum absolute atomic E-state index is 0.315. The SMILES string of the molecule is Cc1nc(=O)n(Cc2cncs2)c(C)c1CC(C)C(=O)O. The van der Waals surface area contributed by atoms with Crippen molar-refractivity contribution in [2.24, 2.45) is 5.92 Å². The number of aromatic nitrogens is 3. The van der Waals surface area contributed by atoms with Gasteiger partial charge in [0, 0.05) is 22.5 Å². The zero-order chi connectivity index (χ0) is 15.6. The van der Waals surface area contributed by atoms with Gasteiger partial charge in [-0.05, 0) is 25.8 Å². The molecule has 0 saturated carbocycles. The molecule has 2 aromatic heterocycles. The van der Waals surface area contributed by atoms with Crippen molar-refractivity contribution in [2.45, 2.75) is 33.7 Å². The van der Waals surface area contributed by atoms with Crippen molar-refractivity contribution in [1.29, 1.82) is 0 Å². The molecule has 2 rings (SSSR count). The Kier molecular flexibility index (Phi) is 4.52. The average Bonchev–Trinajstić information content (AvgIpc) is 2.92. The summed E-state index contributed by atoms with van der Waals surface area (Å²) in [4.78, 5) is 32.1. The Morgan fingerprint density at radius 1 is 1.48 bits per heavy atom. The van der Waals surface area contributed by atoms with Crippen LogP contribution in [0.3, 0.4) is 0 Å². The van der Waals surface area contributed by atoms with E-state index in [4.69, 9.17) is 5.11 Å². The molecule has 7 heteroatoms. The first-order valence-corrected chi connectivity index (χ1v) is 7.45. The van der Waals surface area contributed by atoms with Crippen LogP contribution in [0.1, 0.15) is 28.8 Å². The van der Waals surface area contributed by atoms with Crippen molar-refractivity contribution < 1.29 is 9.90 Å². The zero-order valence-corrected chi connectivity index (χ0v) is 13.0. The van der Waals surface area contributed by atoms with E-state index in [1.165, 1.54) is 11.3 Å². The van der Waals surface area contributed by atoms with Crippen LogP contribution >= 0.6 is 11.3 Å². The van der Waals surface area contributed by atoms with Crippen LogP contribution in [-0.4, -0.2) is 25.6 Å². The molecule has 1 atom stereocenters. The smallest absolute Gasteiger partial charge is 0.348 e. The number of hydrogen-bond acceptors (Lipinski definition) is 5. The molecule has 0 saturated heterocycles. The first-order chi connectivity index (χ1) is 9.90. The Bertz CT molecular complexity index is 707. The summed E-state index contributed by atoms with van der Waals surface area (Å²) in [6.45, 7) is 5.65. The Morgan fingerprint density at radius 2 is 2.19 bits per heavy atom. The molecule has 6 nitrogen and oxygen atoms in total. The Morgan fingerprint density at radius 3 is 2.76 bits per heavy atom. The maximum Gasteiger partial charge on any atom is 0.348 e. The molecule has 0 amide bonds. The molecule has 1 unspecified atom stereocenters. The highest BCUT2D eigenvalue weighted by molar-refractivity contribution is 7.09. The number of carbonyl (C=O) groups is 1. The van der Waals surface area contributed by atoms with Gasteiger partial charge in [0.2, 0.25) is 0 Å². The maximum absolute atomic E-state index is 12.1. The summed E-state index contributed by atoms with van der Waals surface area (Å²) in [6, 6.07) is 0. The van der Waals surface area contributed by atoms with E-state index in [2.05, 4.69) is 9.97 Å². The Hall–Kier alpha value is -2.02. The van der Waals surface area contributed by atoms with Gasteiger partial charge >= 0.3 is 11.7 Å². The van der Waals surface area contributed by atoms with Crippen LogP contribution in [-0.2, 0) is 17.8 Å². The summed E-state index contributed by atoms with van der Waals surface area (Å²) in [5.41, 5.74) is 3.60. The van der Waals surface area contributed by atoms with Crippen LogP contribution in [0.15, 0.2) is 16.5 Å². The molecule has 0 spiro atoms. The van der Waals surface area contributed by atoms with E-state index in [-0.39, 0.29) is 5.69 Å². The van der Waals surface area contributed by atoms with Crippen molar-refractivity contribution >= 4 is 17.3 Å². The summed E-state index contributed by atoms with van der Waals surface area (Å²) >= 11 is 1.47. The molecule has 0 aliphatic rings. The van der Waals surface area contributed by atoms with Crippen molar-refractivity contribution in [2.75, 3.05) is 0 Å². The lowest BCUT2D eigenvalue weighted by Gasteiger charge is -2.16. The van der Waals surface area contributed by atoms with Crippen LogP contribution in [0.2, 0.25) is 0 Å². The van der Waals surface area contributed by atoms with Gasteiger partial charge in [0.15, 0.2) is 0 Å². The molecular formula is C14H17N3O3S. The molecule has 1 N–H and O–H groups in total. The second-order valence-electron chi connectivity index (χ2n) is 5.04. The lowest BCUT2D eigenvalue weighted by molar-refractivity contribution is -0.141. The number of nitrogens with zero attached hydrogens (tertiary/aromatic N) is 3. The van der Waals surface area contributed by atoms with Crippen LogP contribution in [0.25, 0.3) is 0 Å². The fraction of sp³-hybridized carbons (Fsp3) is 0.429. The summed E-state index contributed by atoms with van der Waals surface area (Å²) in [5.74, 6) is -1.37. The largest absolute Gasteiger partial charge is 0.481 e. The third kappa shape index (κ3) is 3.36. The molecule has 0 aliphatic heterocycles. The summed E-state index contributed by atoms with van der Waals surface area (Å²) in [5, 5.41) is 9.06. The highest BCUT2D eigenvalue weighted by Crippen LogP contribution is 2.17. The van der Waals surface area contributed by atoms with E-state index in [9.17, 15) is 9.59 Å². The topological polar surface area (TPSA) is 85.1 Å². The van der Waals surface area contributed by atoms with Gasteiger partial charge in [0.25, 0.3) is 0 Å². The number of rotatable bonds is 5. The molecule has 0 aliphatic carbocycles. The van der Waals surface area contributed by atoms with E-state index in [1.54, 1.807) is 30.1 Å². The molecule has 0 bridgehead atoms. The normalized spacial score (nSPS) is 12.3. The predicted molar refractivity (Wildman–Crippen MR) is 79.7 cm³/mol. The van der Waals surface area contributed by atoms with Gasteiger partial charge in [-0.25, -0.2) is 4.79 Å². The number of hydrogen-bond donors (Lipinski definition) is 1. The Labute approximate surface area is 126 Å². The molecule has 21 heavy (non-hydrogen) atoms. The van der Waals surface area contributed by atoms with E-state index in [0.29, 0.717) is 18.7 Å². The van der Waals surface area contributed by atoms with E-state index < -0.39 is 11.9 Å². The van der Waals surface area contributed by atoms with Crippen molar-refractivity contribution in [3.63, 3.8) is 0 Å². The fourth-order valence-electron chi connectivity index (χ4n) is 2.19. The van der Waals surface area contributed by atoms with Gasteiger partial charge in [-0.2, -0.15) is 4.98 Å². The summed E-state index contributed by atoms with van der Waals surface area (Å²) in [6.07, 6.45) is 2.08. The molecule has 2 heterocycles. The third-order valence-corrected chi connectivity index (χ3v) is 4.27. The number of thiazole rings is 1. The quantitative estimate of drug-likeness (QED) is 0.907. The minimum Gasteiger partial charge on any atom is -0.481 e. The first-order valence-electron chi connectivity index (χ1n) is 6.57. The summed E-state index contributed by atoms with van der Waals surface area (Å²) < 4.78 is 1.57. The number of carboxylic acids is 1. The van der Waals surface area contributed by atoms with Gasteiger partial charge in [-0.15, -0.1) is 11.3 Å². The number of aliphatic carboxylic acids is 1. The van der Waals surface area contributed by atoms with Gasteiger partial charge in [0.1, 0.15) is 0 Å². The first kappa shape index (κ1) is 15.4. The average molecular weight is 307 g/mol. The third-order valence-electron chi connectivity index (χ3n) is 3.50. The van der Waals surface area contributed by atoms with E-state index >= 15 is 0 Å².